The van der Waals surface area contributed by atoms with Gasteiger partial charge < -0.3 is 4.74 Å². The van der Waals surface area contributed by atoms with Gasteiger partial charge in [0.15, 0.2) is 5.17 Å². The molecule has 1 saturated heterocycles. The van der Waals surface area contributed by atoms with Crippen molar-refractivity contribution in [3.8, 4) is 0 Å². The van der Waals surface area contributed by atoms with Gasteiger partial charge in [-0.05, 0) is 66.2 Å². The van der Waals surface area contributed by atoms with Crippen molar-refractivity contribution in [1.82, 2.24) is 4.90 Å². The van der Waals surface area contributed by atoms with Crippen molar-refractivity contribution in [2.45, 2.75) is 13.3 Å². The third-order valence-electron chi connectivity index (χ3n) is 4.02. The molecule has 0 radical (unpaired) electrons. The van der Waals surface area contributed by atoms with Crippen LogP contribution in [0.15, 0.2) is 58.4 Å². The first-order valence-corrected chi connectivity index (χ1v) is 9.95. The van der Waals surface area contributed by atoms with Gasteiger partial charge in [-0.2, -0.15) is 0 Å². The van der Waals surface area contributed by atoms with Crippen LogP contribution >= 0.6 is 23.4 Å². The number of hydrogen-bond donors (Lipinski definition) is 0. The number of hydrogen-bond acceptors (Lipinski definition) is 5. The van der Waals surface area contributed by atoms with Crippen LogP contribution in [0, 0.1) is 0 Å². The molecule has 0 atom stereocenters. The first-order valence-electron chi connectivity index (χ1n) is 8.76. The lowest BCUT2D eigenvalue weighted by Gasteiger charge is -2.13. The number of thioether (sulfide) groups is 1. The summed E-state index contributed by atoms with van der Waals surface area (Å²) in [5, 5.41) is 1.28. The molecule has 1 heterocycles. The van der Waals surface area contributed by atoms with E-state index in [1.165, 1.54) is 18.9 Å². The number of ether oxygens (including phenoxy) is 1. The normalized spacial score (nSPS) is 16.8. The topological polar surface area (TPSA) is 59.0 Å². The van der Waals surface area contributed by atoms with Crippen LogP contribution < -0.4 is 0 Å². The van der Waals surface area contributed by atoms with E-state index < -0.39 is 5.97 Å². The second-order valence-electron chi connectivity index (χ2n) is 6.05. The summed E-state index contributed by atoms with van der Waals surface area (Å²) in [6.45, 7) is 2.61. The van der Waals surface area contributed by atoms with Crippen LogP contribution in [0.4, 0.5) is 5.69 Å². The third kappa shape index (κ3) is 4.64. The van der Waals surface area contributed by atoms with Gasteiger partial charge in [0.2, 0.25) is 0 Å². The van der Waals surface area contributed by atoms with Gasteiger partial charge in [-0.25, -0.2) is 9.79 Å². The van der Waals surface area contributed by atoms with E-state index >= 15 is 0 Å². The largest absolute Gasteiger partial charge is 0.465 e. The summed E-state index contributed by atoms with van der Waals surface area (Å²) in [4.78, 5) is 31.3. The predicted molar refractivity (Wildman–Crippen MR) is 114 cm³/mol. The molecular weight excluding hydrogens is 396 g/mol. The van der Waals surface area contributed by atoms with Crippen LogP contribution in [0.3, 0.4) is 0 Å². The molecule has 1 fully saturated rings. The van der Waals surface area contributed by atoms with E-state index in [4.69, 9.17) is 16.3 Å². The molecule has 0 aliphatic carbocycles. The van der Waals surface area contributed by atoms with Crippen LogP contribution in [-0.4, -0.2) is 35.6 Å². The molecule has 1 aliphatic heterocycles. The lowest BCUT2D eigenvalue weighted by Crippen LogP contribution is -2.29. The molecule has 1 aliphatic rings. The maximum atomic E-state index is 12.8. The molecule has 0 aromatic heterocycles. The van der Waals surface area contributed by atoms with Gasteiger partial charge in [0.1, 0.15) is 0 Å². The average Bonchev–Trinajstić information content (AvgIpc) is 2.99. The molecule has 0 saturated carbocycles. The fourth-order valence-electron chi connectivity index (χ4n) is 2.62. The Kier molecular flexibility index (Phi) is 6.54. The van der Waals surface area contributed by atoms with E-state index in [-0.39, 0.29) is 5.91 Å². The second-order valence-corrected chi connectivity index (χ2v) is 7.50. The number of esters is 1. The Labute approximate surface area is 173 Å². The van der Waals surface area contributed by atoms with Crippen LogP contribution in [0.5, 0.6) is 0 Å². The van der Waals surface area contributed by atoms with Gasteiger partial charge in [-0.15, -0.1) is 0 Å². The molecule has 0 spiro atoms. The lowest BCUT2D eigenvalue weighted by atomic mass is 10.1. The van der Waals surface area contributed by atoms with Crippen molar-refractivity contribution in [3.63, 3.8) is 0 Å². The second kappa shape index (κ2) is 9.08. The smallest absolute Gasteiger partial charge is 0.337 e. The zero-order valence-corrected chi connectivity index (χ0v) is 17.1. The van der Waals surface area contributed by atoms with Crippen LogP contribution in [-0.2, 0) is 9.53 Å². The number of carbonyl (C=O) groups excluding carboxylic acids is 2. The highest BCUT2D eigenvalue weighted by molar-refractivity contribution is 8.18. The summed E-state index contributed by atoms with van der Waals surface area (Å²) in [6, 6.07) is 14.1. The molecular formula is C21H19ClN2O3S. The van der Waals surface area contributed by atoms with Crippen molar-refractivity contribution in [2.24, 2.45) is 4.99 Å². The molecule has 28 heavy (non-hydrogen) atoms. The minimum Gasteiger partial charge on any atom is -0.465 e. The van der Waals surface area contributed by atoms with Crippen LogP contribution in [0.2, 0.25) is 5.02 Å². The maximum Gasteiger partial charge on any atom is 0.337 e. The Bertz CT molecular complexity index is 937. The van der Waals surface area contributed by atoms with Crippen molar-refractivity contribution in [3.05, 3.63) is 69.6 Å². The molecule has 5 nitrogen and oxygen atoms in total. The SMILES string of the molecule is CCCN1C(=O)/C(=C/c2ccc(C(=O)OC)cc2)SC1=Nc1ccc(Cl)cc1. The van der Waals surface area contributed by atoms with Gasteiger partial charge in [0.05, 0.1) is 23.3 Å². The molecule has 2 aromatic rings. The molecule has 2 aromatic carbocycles. The number of carbonyl (C=O) groups is 2. The minimum atomic E-state index is -0.392. The summed E-state index contributed by atoms with van der Waals surface area (Å²) >= 11 is 7.27. The Morgan fingerprint density at radius 1 is 1.18 bits per heavy atom. The minimum absolute atomic E-state index is 0.0726. The van der Waals surface area contributed by atoms with Gasteiger partial charge in [0.25, 0.3) is 5.91 Å². The van der Waals surface area contributed by atoms with Gasteiger partial charge in [-0.1, -0.05) is 30.7 Å². The van der Waals surface area contributed by atoms with Gasteiger partial charge >= 0.3 is 5.97 Å². The Hall–Kier alpha value is -2.57. The summed E-state index contributed by atoms with van der Waals surface area (Å²) in [5.41, 5.74) is 2.03. The van der Waals surface area contributed by atoms with Crippen molar-refractivity contribution >= 4 is 52.2 Å². The van der Waals surface area contributed by atoms with Gasteiger partial charge in [0, 0.05) is 11.6 Å². The molecule has 3 rings (SSSR count). The fourth-order valence-corrected chi connectivity index (χ4v) is 3.77. The van der Waals surface area contributed by atoms with E-state index in [0.717, 1.165) is 17.7 Å². The first-order chi connectivity index (χ1) is 13.5. The molecule has 7 heteroatoms. The van der Waals surface area contributed by atoms with Crippen molar-refractivity contribution in [2.75, 3.05) is 13.7 Å². The highest BCUT2D eigenvalue weighted by atomic mass is 35.5. The standard InChI is InChI=1S/C21H19ClN2O3S/c1-3-12-24-19(25)18(13-14-4-6-15(7-5-14)20(26)27-2)28-21(24)23-17-10-8-16(22)9-11-17/h4-11,13H,3,12H2,1-2H3/b18-13-,23-21?. The van der Waals surface area contributed by atoms with Crippen LogP contribution in [0.1, 0.15) is 29.3 Å². The summed E-state index contributed by atoms with van der Waals surface area (Å²) in [5.74, 6) is -0.464. The fraction of sp³-hybridized carbons (Fsp3) is 0.190. The van der Waals surface area contributed by atoms with E-state index in [1.807, 2.05) is 19.1 Å². The maximum absolute atomic E-state index is 12.8. The number of nitrogens with zero attached hydrogens (tertiary/aromatic N) is 2. The number of methoxy groups -OCH3 is 1. The molecule has 0 bridgehead atoms. The number of halogens is 1. The lowest BCUT2D eigenvalue weighted by molar-refractivity contribution is -0.122. The highest BCUT2D eigenvalue weighted by Gasteiger charge is 2.32. The molecule has 0 unspecified atom stereocenters. The number of aliphatic imine (C=N–C) groups is 1. The van der Waals surface area contributed by atoms with Gasteiger partial charge in [-0.3, -0.25) is 9.69 Å². The third-order valence-corrected chi connectivity index (χ3v) is 5.27. The molecule has 0 N–H and O–H groups in total. The average molecular weight is 415 g/mol. The summed E-state index contributed by atoms with van der Waals surface area (Å²) in [6.07, 6.45) is 2.63. The van der Waals surface area contributed by atoms with E-state index in [2.05, 4.69) is 4.99 Å². The quantitative estimate of drug-likeness (QED) is 0.502. The predicted octanol–water partition coefficient (Wildman–Crippen LogP) is 5.14. The summed E-state index contributed by atoms with van der Waals surface area (Å²) < 4.78 is 4.70. The van der Waals surface area contributed by atoms with Crippen LogP contribution in [0.25, 0.3) is 6.08 Å². The van der Waals surface area contributed by atoms with Crippen molar-refractivity contribution in [1.29, 1.82) is 0 Å². The molecule has 144 valence electrons. The van der Waals surface area contributed by atoms with E-state index in [9.17, 15) is 9.59 Å². The number of amides is 1. The number of amidine groups is 1. The zero-order valence-electron chi connectivity index (χ0n) is 15.5. The van der Waals surface area contributed by atoms with Crippen molar-refractivity contribution < 1.29 is 14.3 Å². The zero-order chi connectivity index (χ0) is 20.1. The van der Waals surface area contributed by atoms with E-state index in [0.29, 0.717) is 27.2 Å². The number of rotatable bonds is 5. The Balaban J connectivity index is 1.88. The highest BCUT2D eigenvalue weighted by Crippen LogP contribution is 2.34. The van der Waals surface area contributed by atoms with E-state index in [1.54, 1.807) is 47.4 Å². The number of benzene rings is 2. The summed E-state index contributed by atoms with van der Waals surface area (Å²) in [7, 11) is 1.34. The Morgan fingerprint density at radius 2 is 1.86 bits per heavy atom. The molecule has 1 amide bonds. The Morgan fingerprint density at radius 3 is 2.46 bits per heavy atom. The monoisotopic (exact) mass is 414 g/mol. The first kappa shape index (κ1) is 20.2.